The molecule has 1 N–H and O–H groups in total. The summed E-state index contributed by atoms with van der Waals surface area (Å²) in [6.07, 6.45) is 3.64. The van der Waals surface area contributed by atoms with Gasteiger partial charge in [-0.05, 0) is 75.4 Å². The summed E-state index contributed by atoms with van der Waals surface area (Å²) in [5, 5.41) is 13.5. The Balaban J connectivity index is 0.00000455. The molecule has 57 heavy (non-hydrogen) atoms. The molecule has 0 aliphatic carbocycles. The zero-order valence-corrected chi connectivity index (χ0v) is 35.2. The van der Waals surface area contributed by atoms with Crippen LogP contribution < -0.4 is 0 Å². The van der Waals surface area contributed by atoms with Crippen LogP contribution in [0.3, 0.4) is 0 Å². The number of benzene rings is 6. The molecule has 0 saturated heterocycles. The predicted molar refractivity (Wildman–Crippen MR) is 231 cm³/mol. The first kappa shape index (κ1) is 38.0. The molecule has 3 aromatic heterocycles. The fourth-order valence-electron chi connectivity index (χ4n) is 7.70. The molecule has 3 heterocycles. The zero-order chi connectivity index (χ0) is 38.8. The van der Waals surface area contributed by atoms with Crippen molar-refractivity contribution < 1.29 is 26.2 Å². The van der Waals surface area contributed by atoms with Gasteiger partial charge in [-0.2, -0.15) is 0 Å². The van der Waals surface area contributed by atoms with Crippen LogP contribution in [-0.2, 0) is 31.9 Å². The van der Waals surface area contributed by atoms with Crippen LogP contribution in [-0.4, -0.2) is 24.6 Å². The first-order valence-corrected chi connectivity index (χ1v) is 19.2. The molecule has 6 aromatic carbocycles. The van der Waals surface area contributed by atoms with Crippen LogP contribution in [0.5, 0.6) is 5.75 Å². The van der Waals surface area contributed by atoms with Gasteiger partial charge in [-0.25, -0.2) is 0 Å². The number of phenols is 1. The largest absolute Gasteiger partial charge is 0.507 e. The molecule has 0 radical (unpaired) electrons. The van der Waals surface area contributed by atoms with E-state index < -0.39 is 0 Å². The van der Waals surface area contributed by atoms with Crippen LogP contribution in [0.4, 0.5) is 0 Å². The Morgan fingerprint density at radius 1 is 0.544 bits per heavy atom. The van der Waals surface area contributed by atoms with Crippen molar-refractivity contribution in [1.82, 2.24) is 19.5 Å². The number of hydrogen-bond donors (Lipinski definition) is 1. The van der Waals surface area contributed by atoms with Crippen LogP contribution in [0.15, 0.2) is 146 Å². The molecule has 0 atom stereocenters. The average Bonchev–Trinajstić information content (AvgIpc) is 3.59. The quantitative estimate of drug-likeness (QED) is 0.175. The van der Waals surface area contributed by atoms with E-state index in [1.807, 2.05) is 42.6 Å². The number of phenolic OH excluding ortho intramolecular Hbond substituents is 1. The second-order valence-electron chi connectivity index (χ2n) is 16.7. The number of para-hydroxylation sites is 1. The Labute approximate surface area is 348 Å². The molecule has 0 spiro atoms. The van der Waals surface area contributed by atoms with E-state index in [2.05, 4.69) is 148 Å². The Hall–Kier alpha value is -5.90. The van der Waals surface area contributed by atoms with Crippen molar-refractivity contribution in [2.45, 2.75) is 52.4 Å². The van der Waals surface area contributed by atoms with Gasteiger partial charge < -0.3 is 9.67 Å². The maximum absolute atomic E-state index is 11.5. The van der Waals surface area contributed by atoms with Crippen molar-refractivity contribution in [2.24, 2.45) is 0 Å². The fourth-order valence-corrected chi connectivity index (χ4v) is 7.70. The summed E-state index contributed by atoms with van der Waals surface area (Å²) >= 11 is 0. The van der Waals surface area contributed by atoms with E-state index in [0.29, 0.717) is 5.56 Å². The summed E-state index contributed by atoms with van der Waals surface area (Å²) in [6.45, 7) is 13.5. The van der Waals surface area contributed by atoms with Crippen molar-refractivity contribution in [1.29, 1.82) is 0 Å². The Kier molecular flexibility index (Phi) is 9.70. The van der Waals surface area contributed by atoms with Crippen LogP contribution >= 0.6 is 0 Å². The average molecular weight is 923 g/mol. The second kappa shape index (κ2) is 14.6. The molecule has 9 aromatic rings. The van der Waals surface area contributed by atoms with E-state index in [0.717, 1.165) is 77.7 Å². The fraction of sp³-hybridized carbons (Fsp3) is 0.157. The van der Waals surface area contributed by atoms with Gasteiger partial charge in [-0.1, -0.05) is 125 Å². The monoisotopic (exact) mass is 922 g/mol. The Morgan fingerprint density at radius 2 is 1.25 bits per heavy atom. The van der Waals surface area contributed by atoms with Crippen molar-refractivity contribution in [3.05, 3.63) is 163 Å². The molecule has 0 bridgehead atoms. The topological polar surface area (TPSA) is 63.8 Å². The molecule has 0 aliphatic rings. The van der Waals surface area contributed by atoms with Gasteiger partial charge in [0.15, 0.2) is 0 Å². The molecule has 0 saturated carbocycles. The summed E-state index contributed by atoms with van der Waals surface area (Å²) in [5.74, 6) is 0.929. The smallest absolute Gasteiger partial charge is 0.124 e. The van der Waals surface area contributed by atoms with Gasteiger partial charge in [0.2, 0.25) is 0 Å². The SMILES string of the molecule is CC(C)(C)c1ccc(-n2c(-c3[c-]c(-c4cc(C(C)(C)C)cc5cccnc45)ccc3)nc3c(-c4cc5ncccc5cc4O)cccc32)c(-c2ccccc2)c1.[Pt]. The van der Waals surface area contributed by atoms with Gasteiger partial charge in [-0.15, -0.1) is 29.8 Å². The number of hydrogen-bond acceptors (Lipinski definition) is 4. The second-order valence-corrected chi connectivity index (χ2v) is 16.7. The minimum absolute atomic E-state index is 0. The van der Waals surface area contributed by atoms with Crippen LogP contribution in [0.2, 0.25) is 0 Å². The maximum Gasteiger partial charge on any atom is 0.124 e. The summed E-state index contributed by atoms with van der Waals surface area (Å²) in [5.41, 5.74) is 13.3. The van der Waals surface area contributed by atoms with Gasteiger partial charge in [0.25, 0.3) is 0 Å². The predicted octanol–water partition coefficient (Wildman–Crippen LogP) is 12.9. The molecule has 5 nitrogen and oxygen atoms in total. The third-order valence-corrected chi connectivity index (χ3v) is 10.8. The number of imidazole rings is 1. The molecule has 284 valence electrons. The number of aromatic hydroxyl groups is 1. The van der Waals surface area contributed by atoms with E-state index in [1.165, 1.54) is 11.1 Å². The van der Waals surface area contributed by atoms with Crippen molar-refractivity contribution >= 4 is 32.8 Å². The Morgan fingerprint density at radius 3 is 2.02 bits per heavy atom. The molecule has 9 rings (SSSR count). The van der Waals surface area contributed by atoms with E-state index in [1.54, 1.807) is 12.3 Å². The number of nitrogens with zero attached hydrogens (tertiary/aromatic N) is 4. The first-order valence-electron chi connectivity index (χ1n) is 19.2. The molecule has 6 heteroatoms. The molecular formula is C51H43N4OPt-. The van der Waals surface area contributed by atoms with E-state index in [-0.39, 0.29) is 37.6 Å². The Bertz CT molecular complexity index is 2950. The van der Waals surface area contributed by atoms with Crippen molar-refractivity contribution in [3.63, 3.8) is 0 Å². The minimum atomic E-state index is -0.0583. The van der Waals surface area contributed by atoms with Gasteiger partial charge in [-0.3, -0.25) is 15.0 Å². The first-order chi connectivity index (χ1) is 26.9. The standard InChI is InChI=1S/C51H43N4O.Pt/c1-50(2,3)37-22-23-44(40(29-37)32-14-8-7-9-15-32)55-45-21-11-20-39(42-31-43-34(28-46(42)56)18-12-24-52-43)48(45)54-49(55)36-17-10-16-33(26-36)41-30-38(51(4,5)6)27-35-19-13-25-53-47(35)41;/h7-25,27-31,56H,1-6H3;/q-1;. The zero-order valence-electron chi connectivity index (χ0n) is 32.9. The number of fused-ring (bicyclic) bond motifs is 3. The normalized spacial score (nSPS) is 12.0. The van der Waals surface area contributed by atoms with Crippen molar-refractivity contribution in [3.8, 4) is 56.2 Å². The summed E-state index contributed by atoms with van der Waals surface area (Å²) in [6, 6.07) is 49.9. The minimum Gasteiger partial charge on any atom is -0.507 e. The van der Waals surface area contributed by atoms with E-state index in [9.17, 15) is 5.11 Å². The number of rotatable bonds is 5. The van der Waals surface area contributed by atoms with Crippen LogP contribution in [0, 0.1) is 6.07 Å². The molecule has 0 amide bonds. The molecule has 0 unspecified atom stereocenters. The van der Waals surface area contributed by atoms with Gasteiger partial charge in [0, 0.05) is 66.7 Å². The van der Waals surface area contributed by atoms with E-state index >= 15 is 0 Å². The van der Waals surface area contributed by atoms with Gasteiger partial charge >= 0.3 is 0 Å². The van der Waals surface area contributed by atoms with Crippen LogP contribution in [0.1, 0.15) is 52.7 Å². The molecule has 0 fully saturated rings. The van der Waals surface area contributed by atoms with E-state index in [4.69, 9.17) is 9.97 Å². The summed E-state index contributed by atoms with van der Waals surface area (Å²) in [4.78, 5) is 15.0. The summed E-state index contributed by atoms with van der Waals surface area (Å²) in [7, 11) is 0. The molecular weight excluding hydrogens is 880 g/mol. The van der Waals surface area contributed by atoms with Crippen molar-refractivity contribution in [2.75, 3.05) is 0 Å². The summed E-state index contributed by atoms with van der Waals surface area (Å²) < 4.78 is 2.27. The number of aromatic nitrogens is 4. The maximum atomic E-state index is 11.5. The van der Waals surface area contributed by atoms with Gasteiger partial charge in [0.1, 0.15) is 5.75 Å². The van der Waals surface area contributed by atoms with Crippen LogP contribution in [0.25, 0.3) is 83.3 Å². The van der Waals surface area contributed by atoms with Gasteiger partial charge in [0.05, 0.1) is 22.4 Å². The molecule has 0 aliphatic heterocycles. The third kappa shape index (κ3) is 6.95. The number of pyridine rings is 2. The third-order valence-electron chi connectivity index (χ3n) is 10.8.